The molecule has 4 nitrogen and oxygen atoms in total. The first-order valence-electron chi connectivity index (χ1n) is 6.16. The molecule has 1 aromatic carbocycles. The van der Waals surface area contributed by atoms with Crippen LogP contribution < -0.4 is 10.6 Å². The van der Waals surface area contributed by atoms with E-state index in [0.29, 0.717) is 5.13 Å². The standard InChI is InChI=1S/C13H17N3OS/c1-3-9(4-2)14-12(17)16-13-15-10-7-5-6-8-11(10)18-13/h5-9H,3-4H2,1-2H3,(H2,14,15,16,17). The fraction of sp³-hybridized carbons (Fsp3) is 0.385. The third kappa shape index (κ3) is 2.98. The maximum atomic E-state index is 11.8. The number of rotatable bonds is 4. The van der Waals surface area contributed by atoms with E-state index in [0.717, 1.165) is 23.1 Å². The van der Waals surface area contributed by atoms with Crippen molar-refractivity contribution in [3.8, 4) is 0 Å². The summed E-state index contributed by atoms with van der Waals surface area (Å²) in [5, 5.41) is 6.35. The first-order valence-corrected chi connectivity index (χ1v) is 6.97. The van der Waals surface area contributed by atoms with Gasteiger partial charge in [-0.05, 0) is 25.0 Å². The lowest BCUT2D eigenvalue weighted by molar-refractivity contribution is 0.247. The van der Waals surface area contributed by atoms with Crippen LogP contribution in [0, 0.1) is 0 Å². The number of anilines is 1. The molecule has 1 heterocycles. The predicted octanol–water partition coefficient (Wildman–Crippen LogP) is 3.61. The van der Waals surface area contributed by atoms with Crippen LogP contribution in [-0.4, -0.2) is 17.1 Å². The van der Waals surface area contributed by atoms with E-state index in [2.05, 4.69) is 29.5 Å². The molecule has 0 atom stereocenters. The molecule has 0 aliphatic carbocycles. The lowest BCUT2D eigenvalue weighted by Crippen LogP contribution is -2.37. The minimum atomic E-state index is -0.178. The number of benzene rings is 1. The topological polar surface area (TPSA) is 54.0 Å². The van der Waals surface area contributed by atoms with E-state index < -0.39 is 0 Å². The van der Waals surface area contributed by atoms with Gasteiger partial charge in [-0.15, -0.1) is 0 Å². The third-order valence-corrected chi connectivity index (χ3v) is 3.79. The van der Waals surface area contributed by atoms with Crippen molar-refractivity contribution in [2.45, 2.75) is 32.7 Å². The first kappa shape index (κ1) is 12.8. The Labute approximate surface area is 110 Å². The molecule has 2 rings (SSSR count). The molecule has 18 heavy (non-hydrogen) atoms. The lowest BCUT2D eigenvalue weighted by atomic mass is 10.2. The second-order valence-electron chi connectivity index (χ2n) is 4.10. The van der Waals surface area contributed by atoms with Crippen LogP contribution >= 0.6 is 11.3 Å². The van der Waals surface area contributed by atoms with Crippen LogP contribution in [-0.2, 0) is 0 Å². The van der Waals surface area contributed by atoms with Gasteiger partial charge in [-0.25, -0.2) is 9.78 Å². The first-order chi connectivity index (χ1) is 8.72. The van der Waals surface area contributed by atoms with Gasteiger partial charge in [0.15, 0.2) is 5.13 Å². The minimum absolute atomic E-state index is 0.178. The predicted molar refractivity (Wildman–Crippen MR) is 76.1 cm³/mol. The highest BCUT2D eigenvalue weighted by Crippen LogP contribution is 2.25. The van der Waals surface area contributed by atoms with Crippen LogP contribution in [0.15, 0.2) is 24.3 Å². The van der Waals surface area contributed by atoms with Crippen LogP contribution in [0.2, 0.25) is 0 Å². The third-order valence-electron chi connectivity index (χ3n) is 2.84. The van der Waals surface area contributed by atoms with Crippen molar-refractivity contribution < 1.29 is 4.79 Å². The van der Waals surface area contributed by atoms with Crippen LogP contribution in [0.1, 0.15) is 26.7 Å². The second-order valence-corrected chi connectivity index (χ2v) is 5.13. The molecular weight excluding hydrogens is 246 g/mol. The summed E-state index contributed by atoms with van der Waals surface area (Å²) in [4.78, 5) is 16.1. The molecule has 5 heteroatoms. The van der Waals surface area contributed by atoms with E-state index in [1.807, 2.05) is 24.3 Å². The monoisotopic (exact) mass is 263 g/mol. The molecule has 0 aliphatic heterocycles. The molecule has 96 valence electrons. The molecule has 0 aliphatic rings. The molecule has 0 saturated heterocycles. The maximum absolute atomic E-state index is 11.8. The largest absolute Gasteiger partial charge is 0.335 e. The Morgan fingerprint density at radius 3 is 2.72 bits per heavy atom. The summed E-state index contributed by atoms with van der Waals surface area (Å²) >= 11 is 1.48. The zero-order valence-corrected chi connectivity index (χ0v) is 11.4. The van der Waals surface area contributed by atoms with Crippen molar-refractivity contribution in [1.29, 1.82) is 0 Å². The summed E-state index contributed by atoms with van der Waals surface area (Å²) in [5.74, 6) is 0. The number of aromatic nitrogens is 1. The smallest absolute Gasteiger partial charge is 0.321 e. The summed E-state index contributed by atoms with van der Waals surface area (Å²) < 4.78 is 1.08. The van der Waals surface area contributed by atoms with E-state index >= 15 is 0 Å². The van der Waals surface area contributed by atoms with Gasteiger partial charge < -0.3 is 5.32 Å². The lowest BCUT2D eigenvalue weighted by Gasteiger charge is -2.14. The van der Waals surface area contributed by atoms with E-state index in [-0.39, 0.29) is 12.1 Å². The van der Waals surface area contributed by atoms with Gasteiger partial charge in [-0.3, -0.25) is 5.32 Å². The van der Waals surface area contributed by atoms with Gasteiger partial charge in [0, 0.05) is 6.04 Å². The average molecular weight is 263 g/mol. The summed E-state index contributed by atoms with van der Waals surface area (Å²) in [5.41, 5.74) is 0.917. The molecule has 0 radical (unpaired) electrons. The number of urea groups is 1. The Morgan fingerprint density at radius 1 is 1.33 bits per heavy atom. The Hall–Kier alpha value is -1.62. The zero-order valence-electron chi connectivity index (χ0n) is 10.6. The van der Waals surface area contributed by atoms with E-state index in [1.54, 1.807) is 0 Å². The molecular formula is C13H17N3OS. The van der Waals surface area contributed by atoms with Gasteiger partial charge in [-0.1, -0.05) is 37.3 Å². The van der Waals surface area contributed by atoms with E-state index in [4.69, 9.17) is 0 Å². The number of para-hydroxylation sites is 1. The number of amides is 2. The highest BCUT2D eigenvalue weighted by atomic mass is 32.1. The second kappa shape index (κ2) is 5.82. The van der Waals surface area contributed by atoms with Gasteiger partial charge >= 0.3 is 6.03 Å². The average Bonchev–Trinajstić information content (AvgIpc) is 2.77. The van der Waals surface area contributed by atoms with Crippen molar-refractivity contribution in [3.05, 3.63) is 24.3 Å². The Balaban J connectivity index is 2.02. The van der Waals surface area contributed by atoms with Gasteiger partial charge in [0.2, 0.25) is 0 Å². The number of thiazole rings is 1. The number of fused-ring (bicyclic) bond motifs is 1. The maximum Gasteiger partial charge on any atom is 0.321 e. The minimum Gasteiger partial charge on any atom is -0.335 e. The SMILES string of the molecule is CCC(CC)NC(=O)Nc1nc2ccccc2s1. The van der Waals surface area contributed by atoms with Crippen molar-refractivity contribution in [2.75, 3.05) is 5.32 Å². The highest BCUT2D eigenvalue weighted by Gasteiger charge is 2.10. The highest BCUT2D eigenvalue weighted by molar-refractivity contribution is 7.22. The van der Waals surface area contributed by atoms with E-state index in [9.17, 15) is 4.79 Å². The molecule has 2 aromatic rings. The van der Waals surface area contributed by atoms with Gasteiger partial charge in [0.05, 0.1) is 10.2 Å². The molecule has 0 saturated carbocycles. The summed E-state index contributed by atoms with van der Waals surface area (Å²) in [6.45, 7) is 4.12. The van der Waals surface area contributed by atoms with Crippen molar-refractivity contribution in [2.24, 2.45) is 0 Å². The quantitative estimate of drug-likeness (QED) is 0.885. The number of carbonyl (C=O) groups excluding carboxylic acids is 1. The number of hydrogen-bond donors (Lipinski definition) is 2. The molecule has 0 bridgehead atoms. The molecule has 0 unspecified atom stereocenters. The fourth-order valence-corrected chi connectivity index (χ4v) is 2.60. The fourth-order valence-electron chi connectivity index (χ4n) is 1.74. The van der Waals surface area contributed by atoms with Crippen LogP contribution in [0.25, 0.3) is 10.2 Å². The molecule has 2 amide bonds. The summed E-state index contributed by atoms with van der Waals surface area (Å²) in [6, 6.07) is 7.89. The van der Waals surface area contributed by atoms with Crippen LogP contribution in [0.5, 0.6) is 0 Å². The Morgan fingerprint density at radius 2 is 2.06 bits per heavy atom. The zero-order chi connectivity index (χ0) is 13.0. The normalized spacial score (nSPS) is 10.8. The van der Waals surface area contributed by atoms with Gasteiger partial charge in [0.25, 0.3) is 0 Å². The Kier molecular flexibility index (Phi) is 4.15. The number of carbonyl (C=O) groups is 1. The van der Waals surface area contributed by atoms with Crippen molar-refractivity contribution >= 4 is 32.7 Å². The van der Waals surface area contributed by atoms with Crippen molar-refractivity contribution in [3.63, 3.8) is 0 Å². The Bertz CT molecular complexity index is 501. The summed E-state index contributed by atoms with van der Waals surface area (Å²) in [6.07, 6.45) is 1.87. The molecule has 1 aromatic heterocycles. The van der Waals surface area contributed by atoms with Crippen LogP contribution in [0.3, 0.4) is 0 Å². The summed E-state index contributed by atoms with van der Waals surface area (Å²) in [7, 11) is 0. The van der Waals surface area contributed by atoms with E-state index in [1.165, 1.54) is 11.3 Å². The molecule has 0 fully saturated rings. The number of nitrogens with zero attached hydrogens (tertiary/aromatic N) is 1. The van der Waals surface area contributed by atoms with Gasteiger partial charge in [-0.2, -0.15) is 0 Å². The number of nitrogens with one attached hydrogen (secondary N) is 2. The number of hydrogen-bond acceptors (Lipinski definition) is 3. The molecule has 0 spiro atoms. The molecule has 2 N–H and O–H groups in total. The van der Waals surface area contributed by atoms with Crippen LogP contribution in [0.4, 0.5) is 9.93 Å². The van der Waals surface area contributed by atoms with Gasteiger partial charge in [0.1, 0.15) is 0 Å². The van der Waals surface area contributed by atoms with Crippen molar-refractivity contribution in [1.82, 2.24) is 10.3 Å².